The second-order valence-electron chi connectivity index (χ2n) is 6.32. The van der Waals surface area contributed by atoms with E-state index in [4.69, 9.17) is 5.73 Å². The van der Waals surface area contributed by atoms with Gasteiger partial charge in [-0.15, -0.1) is 0 Å². The standard InChI is InChI=1S/C15H30N2O/c1-11(2)12(3)17(4)15(18)9-13-5-7-14(10-16)8-6-13/h11-14H,5-10,16H2,1-4H3. The lowest BCUT2D eigenvalue weighted by Gasteiger charge is -2.32. The molecule has 1 fully saturated rings. The quantitative estimate of drug-likeness (QED) is 0.820. The Hall–Kier alpha value is -0.570. The third-order valence-corrected chi connectivity index (χ3v) is 4.73. The Morgan fingerprint density at radius 1 is 1.17 bits per heavy atom. The molecule has 1 amide bonds. The van der Waals surface area contributed by atoms with Crippen molar-refractivity contribution in [2.24, 2.45) is 23.5 Å². The van der Waals surface area contributed by atoms with Gasteiger partial charge in [0.05, 0.1) is 0 Å². The number of carbonyl (C=O) groups is 1. The summed E-state index contributed by atoms with van der Waals surface area (Å²) in [4.78, 5) is 14.1. The summed E-state index contributed by atoms with van der Waals surface area (Å²) in [7, 11) is 1.94. The van der Waals surface area contributed by atoms with E-state index in [9.17, 15) is 4.79 Å². The lowest BCUT2D eigenvalue weighted by atomic mass is 9.80. The molecule has 106 valence electrons. The molecule has 0 heterocycles. The Labute approximate surface area is 112 Å². The van der Waals surface area contributed by atoms with Gasteiger partial charge in [0, 0.05) is 19.5 Å². The van der Waals surface area contributed by atoms with Crippen LogP contribution in [0.4, 0.5) is 0 Å². The van der Waals surface area contributed by atoms with Crippen molar-refractivity contribution in [3.05, 3.63) is 0 Å². The predicted octanol–water partition coefficient (Wildman–Crippen LogP) is 2.64. The van der Waals surface area contributed by atoms with Gasteiger partial charge in [0.15, 0.2) is 0 Å². The van der Waals surface area contributed by atoms with E-state index in [1.807, 2.05) is 11.9 Å². The Kier molecular flexibility index (Phi) is 6.13. The van der Waals surface area contributed by atoms with Crippen molar-refractivity contribution in [1.82, 2.24) is 4.90 Å². The zero-order chi connectivity index (χ0) is 13.7. The highest BCUT2D eigenvalue weighted by molar-refractivity contribution is 5.76. The smallest absolute Gasteiger partial charge is 0.222 e. The first kappa shape index (κ1) is 15.5. The largest absolute Gasteiger partial charge is 0.343 e. The fraction of sp³-hybridized carbons (Fsp3) is 0.933. The Morgan fingerprint density at radius 3 is 2.11 bits per heavy atom. The summed E-state index contributed by atoms with van der Waals surface area (Å²) in [5, 5.41) is 0. The van der Waals surface area contributed by atoms with Gasteiger partial charge in [0.25, 0.3) is 0 Å². The monoisotopic (exact) mass is 254 g/mol. The molecule has 0 spiro atoms. The number of nitrogens with zero attached hydrogens (tertiary/aromatic N) is 1. The van der Waals surface area contributed by atoms with E-state index < -0.39 is 0 Å². The van der Waals surface area contributed by atoms with Crippen LogP contribution in [0.25, 0.3) is 0 Å². The molecule has 0 aromatic carbocycles. The fourth-order valence-corrected chi connectivity index (χ4v) is 2.74. The molecule has 3 heteroatoms. The first-order chi connectivity index (χ1) is 8.45. The van der Waals surface area contributed by atoms with Crippen molar-refractivity contribution in [3.63, 3.8) is 0 Å². The Morgan fingerprint density at radius 2 is 1.67 bits per heavy atom. The van der Waals surface area contributed by atoms with Crippen LogP contribution < -0.4 is 5.73 Å². The molecule has 18 heavy (non-hydrogen) atoms. The molecule has 3 nitrogen and oxygen atoms in total. The van der Waals surface area contributed by atoms with Crippen LogP contribution in [-0.4, -0.2) is 30.4 Å². The molecule has 1 atom stereocenters. The number of hydrogen-bond donors (Lipinski definition) is 1. The van der Waals surface area contributed by atoms with Crippen LogP contribution in [0.1, 0.15) is 52.9 Å². The second-order valence-corrected chi connectivity index (χ2v) is 6.32. The maximum Gasteiger partial charge on any atom is 0.222 e. The van der Waals surface area contributed by atoms with Crippen LogP contribution in [0.3, 0.4) is 0 Å². The van der Waals surface area contributed by atoms with Crippen molar-refractivity contribution in [2.45, 2.75) is 58.9 Å². The molecule has 1 rings (SSSR count). The number of hydrogen-bond acceptors (Lipinski definition) is 2. The summed E-state index contributed by atoms with van der Waals surface area (Å²) >= 11 is 0. The molecule has 1 aliphatic carbocycles. The average molecular weight is 254 g/mol. The highest BCUT2D eigenvalue weighted by atomic mass is 16.2. The van der Waals surface area contributed by atoms with Gasteiger partial charge in [-0.2, -0.15) is 0 Å². The molecule has 0 aromatic rings. The third kappa shape index (κ3) is 4.27. The molecular formula is C15H30N2O. The van der Waals surface area contributed by atoms with Crippen LogP contribution in [0.5, 0.6) is 0 Å². The van der Waals surface area contributed by atoms with Gasteiger partial charge in [-0.1, -0.05) is 13.8 Å². The SMILES string of the molecule is CC(C)C(C)N(C)C(=O)CC1CCC(CN)CC1. The van der Waals surface area contributed by atoms with Gasteiger partial charge in [0.1, 0.15) is 0 Å². The summed E-state index contributed by atoms with van der Waals surface area (Å²) < 4.78 is 0. The molecule has 2 N–H and O–H groups in total. The molecule has 0 aliphatic heterocycles. The first-order valence-electron chi connectivity index (χ1n) is 7.41. The Bertz CT molecular complexity index is 257. The maximum atomic E-state index is 12.2. The molecule has 0 bridgehead atoms. The minimum Gasteiger partial charge on any atom is -0.343 e. The molecule has 0 aromatic heterocycles. The zero-order valence-electron chi connectivity index (χ0n) is 12.5. The van der Waals surface area contributed by atoms with Gasteiger partial charge >= 0.3 is 0 Å². The second kappa shape index (κ2) is 7.13. The molecule has 1 saturated carbocycles. The van der Waals surface area contributed by atoms with Crippen molar-refractivity contribution >= 4 is 5.91 Å². The normalized spacial score (nSPS) is 26.1. The molecule has 0 radical (unpaired) electrons. The summed E-state index contributed by atoms with van der Waals surface area (Å²) in [5.41, 5.74) is 5.70. The van der Waals surface area contributed by atoms with Crippen LogP contribution in [0.2, 0.25) is 0 Å². The average Bonchev–Trinajstić information content (AvgIpc) is 2.37. The minimum atomic E-state index is 0.312. The zero-order valence-corrected chi connectivity index (χ0v) is 12.5. The predicted molar refractivity (Wildman–Crippen MR) is 76.2 cm³/mol. The summed E-state index contributed by atoms with van der Waals surface area (Å²) in [5.74, 6) is 2.12. The summed E-state index contributed by atoms with van der Waals surface area (Å²) in [6.07, 6.45) is 5.50. The van der Waals surface area contributed by atoms with Gasteiger partial charge in [-0.05, 0) is 56.9 Å². The third-order valence-electron chi connectivity index (χ3n) is 4.73. The number of nitrogens with two attached hydrogens (primary N) is 1. The van der Waals surface area contributed by atoms with Crippen molar-refractivity contribution in [2.75, 3.05) is 13.6 Å². The van der Waals surface area contributed by atoms with E-state index in [2.05, 4.69) is 20.8 Å². The highest BCUT2D eigenvalue weighted by Crippen LogP contribution is 2.30. The van der Waals surface area contributed by atoms with E-state index in [1.54, 1.807) is 0 Å². The van der Waals surface area contributed by atoms with Crippen LogP contribution in [0, 0.1) is 17.8 Å². The molecule has 0 saturated heterocycles. The fourth-order valence-electron chi connectivity index (χ4n) is 2.74. The highest BCUT2D eigenvalue weighted by Gasteiger charge is 2.25. The topological polar surface area (TPSA) is 46.3 Å². The van der Waals surface area contributed by atoms with E-state index >= 15 is 0 Å². The maximum absolute atomic E-state index is 12.2. The van der Waals surface area contributed by atoms with Crippen molar-refractivity contribution < 1.29 is 4.79 Å². The van der Waals surface area contributed by atoms with E-state index in [0.29, 0.717) is 29.7 Å². The number of amides is 1. The van der Waals surface area contributed by atoms with Gasteiger partial charge in [0.2, 0.25) is 5.91 Å². The van der Waals surface area contributed by atoms with Gasteiger partial charge < -0.3 is 10.6 Å². The van der Waals surface area contributed by atoms with Crippen LogP contribution >= 0.6 is 0 Å². The Balaban J connectivity index is 2.36. The number of rotatable bonds is 5. The number of carbonyl (C=O) groups excluding carboxylic acids is 1. The molecular weight excluding hydrogens is 224 g/mol. The summed E-state index contributed by atoms with van der Waals surface area (Å²) in [6, 6.07) is 0.331. The van der Waals surface area contributed by atoms with E-state index in [1.165, 1.54) is 25.7 Å². The lowest BCUT2D eigenvalue weighted by molar-refractivity contribution is -0.133. The van der Waals surface area contributed by atoms with Gasteiger partial charge in [-0.3, -0.25) is 4.79 Å². The minimum absolute atomic E-state index is 0.312. The van der Waals surface area contributed by atoms with Crippen molar-refractivity contribution in [3.8, 4) is 0 Å². The van der Waals surface area contributed by atoms with E-state index in [0.717, 1.165) is 13.0 Å². The molecule has 1 unspecified atom stereocenters. The first-order valence-corrected chi connectivity index (χ1v) is 7.41. The summed E-state index contributed by atoms with van der Waals surface area (Å²) in [6.45, 7) is 7.28. The van der Waals surface area contributed by atoms with Gasteiger partial charge in [-0.25, -0.2) is 0 Å². The lowest BCUT2D eigenvalue weighted by Crippen LogP contribution is -2.39. The van der Waals surface area contributed by atoms with Crippen LogP contribution in [-0.2, 0) is 4.79 Å². The molecule has 1 aliphatic rings. The van der Waals surface area contributed by atoms with Crippen molar-refractivity contribution in [1.29, 1.82) is 0 Å². The van der Waals surface area contributed by atoms with Crippen LogP contribution in [0.15, 0.2) is 0 Å². The van der Waals surface area contributed by atoms with E-state index in [-0.39, 0.29) is 0 Å².